The van der Waals surface area contributed by atoms with Crippen LogP contribution in [0.3, 0.4) is 0 Å². The first-order valence-electron chi connectivity index (χ1n) is 16.9. The summed E-state index contributed by atoms with van der Waals surface area (Å²) < 4.78 is 18.3. The number of thioether (sulfide) groups is 1. The van der Waals surface area contributed by atoms with E-state index in [0.717, 1.165) is 5.56 Å². The second-order valence-electron chi connectivity index (χ2n) is 14.0. The number of aliphatic hydroxyl groups excluding tert-OH is 1. The molecule has 0 bridgehead atoms. The van der Waals surface area contributed by atoms with Gasteiger partial charge in [0.2, 0.25) is 5.91 Å². The minimum Gasteiger partial charge on any atom is -0.444 e. The number of ether oxygens (including phenoxy) is 3. The van der Waals surface area contributed by atoms with Crippen LogP contribution in [0.4, 0.5) is 15.4 Å². The fraction of sp³-hybridized carbons (Fsp3) is 0.629. The minimum absolute atomic E-state index is 0.137. The summed E-state index contributed by atoms with van der Waals surface area (Å²) in [6, 6.07) is 11.3. The van der Waals surface area contributed by atoms with Crippen LogP contribution in [-0.2, 0) is 25.5 Å². The Bertz CT molecular complexity index is 1410. The number of hydrogen-bond acceptors (Lipinski definition) is 10. The van der Waals surface area contributed by atoms with Crippen LogP contribution in [-0.4, -0.2) is 91.2 Å². The number of rotatable bonds is 16. The van der Waals surface area contributed by atoms with Gasteiger partial charge >= 0.3 is 17.9 Å². The Labute approximate surface area is 293 Å². The van der Waals surface area contributed by atoms with Gasteiger partial charge < -0.3 is 34.4 Å². The van der Waals surface area contributed by atoms with E-state index in [4.69, 9.17) is 14.2 Å². The fourth-order valence-electron chi connectivity index (χ4n) is 4.95. The van der Waals surface area contributed by atoms with Crippen molar-refractivity contribution in [3.05, 3.63) is 58.6 Å². The lowest BCUT2D eigenvalue weighted by Gasteiger charge is -2.29. The lowest BCUT2D eigenvalue weighted by Crippen LogP contribution is -2.39. The van der Waals surface area contributed by atoms with Gasteiger partial charge in [-0.25, -0.2) is 14.4 Å². The molecule has 0 saturated carbocycles. The van der Waals surface area contributed by atoms with Crippen molar-refractivity contribution >= 4 is 35.7 Å². The van der Waals surface area contributed by atoms with E-state index in [9.17, 15) is 24.3 Å². The predicted octanol–water partition coefficient (Wildman–Crippen LogP) is 5.78. The average Bonchev–Trinajstić information content (AvgIpc) is 3.49. The van der Waals surface area contributed by atoms with Gasteiger partial charge in [-0.15, -0.1) is 11.8 Å². The molecule has 2 aromatic rings. The van der Waals surface area contributed by atoms with E-state index in [0.29, 0.717) is 64.0 Å². The number of amides is 3. The summed E-state index contributed by atoms with van der Waals surface area (Å²) in [5.41, 5.74) is -1.17. The first-order valence-corrected chi connectivity index (χ1v) is 17.9. The molecule has 3 rings (SSSR count). The van der Waals surface area contributed by atoms with Crippen molar-refractivity contribution in [1.29, 1.82) is 0 Å². The second-order valence-corrected chi connectivity index (χ2v) is 15.2. The number of nitrogens with zero attached hydrogens (tertiary/aromatic N) is 4. The lowest BCUT2D eigenvalue weighted by molar-refractivity contribution is -0.116. The zero-order valence-electron chi connectivity index (χ0n) is 29.7. The molecule has 3 amide bonds. The maximum absolute atomic E-state index is 13.0. The van der Waals surface area contributed by atoms with Gasteiger partial charge in [-0.3, -0.25) is 9.36 Å². The lowest BCUT2D eigenvalue weighted by atomic mass is 10.1. The Hall–Kier alpha value is -3.62. The van der Waals surface area contributed by atoms with E-state index in [1.54, 1.807) is 15.9 Å². The van der Waals surface area contributed by atoms with Crippen molar-refractivity contribution in [2.45, 2.75) is 109 Å². The quantitative estimate of drug-likeness (QED) is 0.206. The number of unbranched alkanes of at least 4 members (excludes halogenated alkanes) is 3. The molecular formula is C35H53N5O8S. The highest BCUT2D eigenvalue weighted by Crippen LogP contribution is 2.30. The van der Waals surface area contributed by atoms with Crippen LogP contribution < -0.4 is 11.0 Å². The smallest absolute Gasteiger partial charge is 0.410 e. The topological polar surface area (TPSA) is 153 Å². The number of anilines is 1. The molecule has 1 aliphatic heterocycles. The molecule has 1 fully saturated rings. The molecule has 1 aliphatic rings. The maximum Gasteiger partial charge on any atom is 0.410 e. The largest absolute Gasteiger partial charge is 0.444 e. The predicted molar refractivity (Wildman–Crippen MR) is 189 cm³/mol. The van der Waals surface area contributed by atoms with E-state index in [1.165, 1.54) is 22.5 Å². The highest BCUT2D eigenvalue weighted by Gasteiger charge is 2.28. The van der Waals surface area contributed by atoms with Gasteiger partial charge in [0.15, 0.2) is 0 Å². The number of hydrogen-bond donors (Lipinski definition) is 2. The normalized spacial score (nSPS) is 16.2. The molecule has 0 unspecified atom stereocenters. The summed E-state index contributed by atoms with van der Waals surface area (Å²) in [5, 5.41) is 11.9. The van der Waals surface area contributed by atoms with Crippen LogP contribution in [0.5, 0.6) is 0 Å². The summed E-state index contributed by atoms with van der Waals surface area (Å²) >= 11 is 1.42. The molecule has 2 atom stereocenters. The van der Waals surface area contributed by atoms with Crippen molar-refractivity contribution < 1.29 is 33.7 Å². The molecular weight excluding hydrogens is 650 g/mol. The highest BCUT2D eigenvalue weighted by molar-refractivity contribution is 8.00. The summed E-state index contributed by atoms with van der Waals surface area (Å²) in [6.07, 6.45) is 3.77. The van der Waals surface area contributed by atoms with Crippen LogP contribution in [0.25, 0.3) is 0 Å². The molecule has 14 heteroatoms. The van der Waals surface area contributed by atoms with Crippen LogP contribution in [0.1, 0.15) is 91.9 Å². The molecule has 272 valence electrons. The van der Waals surface area contributed by atoms with Gasteiger partial charge in [-0.1, -0.05) is 36.8 Å². The van der Waals surface area contributed by atoms with E-state index >= 15 is 0 Å². The SMILES string of the molecule is CC(C)(C)OC(=O)N(CCCCCC(=O)Nc1ccn([C@@H]2CS[C@H](CO)O2)c(=O)n1)CCCCN(Cc1ccccc1)C(=O)OC(C)(C)C. The summed E-state index contributed by atoms with van der Waals surface area (Å²) in [5.74, 6) is 0.429. The molecule has 2 N–H and O–H groups in total. The van der Waals surface area contributed by atoms with Gasteiger partial charge in [0.1, 0.15) is 28.7 Å². The van der Waals surface area contributed by atoms with Crippen molar-refractivity contribution in [2.24, 2.45) is 0 Å². The molecule has 1 saturated heterocycles. The Morgan fingerprint density at radius 2 is 1.51 bits per heavy atom. The molecule has 49 heavy (non-hydrogen) atoms. The second kappa shape index (κ2) is 19.0. The van der Waals surface area contributed by atoms with Gasteiger partial charge in [-0.05, 0) is 78.9 Å². The van der Waals surface area contributed by atoms with Crippen LogP contribution in [0.15, 0.2) is 47.4 Å². The third kappa shape index (κ3) is 14.8. The van der Waals surface area contributed by atoms with E-state index in [1.807, 2.05) is 71.9 Å². The first kappa shape index (κ1) is 39.8. The number of aromatic nitrogens is 2. The van der Waals surface area contributed by atoms with Gasteiger partial charge in [0, 0.05) is 44.5 Å². The van der Waals surface area contributed by atoms with Crippen molar-refractivity contribution in [2.75, 3.05) is 37.3 Å². The molecule has 0 spiro atoms. The van der Waals surface area contributed by atoms with Crippen LogP contribution in [0, 0.1) is 0 Å². The number of aliphatic hydroxyl groups is 1. The Kier molecular flexibility index (Phi) is 15.4. The van der Waals surface area contributed by atoms with E-state index < -0.39 is 29.2 Å². The molecule has 13 nitrogen and oxygen atoms in total. The standard InChI is InChI=1S/C35H53N5O8S/c1-34(2,3)47-32(44)38(20-13-14-21-39(33(45)48-35(4,5)6)23-26-15-9-7-10-16-26)19-12-8-11-17-28(42)36-27-18-22-40(31(43)37-27)29-25-49-30(24-41)46-29/h7,9-10,15-16,18,22,29-30,41H,8,11-14,17,19-21,23-25H2,1-6H3,(H,36,37,42,43)/t29-,30+/m0/s1. The Morgan fingerprint density at radius 1 is 0.918 bits per heavy atom. The van der Waals surface area contributed by atoms with E-state index in [2.05, 4.69) is 10.3 Å². The monoisotopic (exact) mass is 703 g/mol. The third-order valence-corrected chi connectivity index (χ3v) is 8.36. The summed E-state index contributed by atoms with van der Waals surface area (Å²) in [7, 11) is 0. The average molecular weight is 704 g/mol. The molecule has 1 aromatic heterocycles. The zero-order valence-corrected chi connectivity index (χ0v) is 30.5. The molecule has 2 heterocycles. The van der Waals surface area contributed by atoms with Gasteiger partial charge in [-0.2, -0.15) is 4.98 Å². The molecule has 0 aliphatic carbocycles. The first-order chi connectivity index (χ1) is 23.1. The highest BCUT2D eigenvalue weighted by atomic mass is 32.2. The van der Waals surface area contributed by atoms with Crippen molar-refractivity contribution in [3.8, 4) is 0 Å². The Balaban J connectivity index is 1.46. The summed E-state index contributed by atoms with van der Waals surface area (Å²) in [6.45, 7) is 12.7. The van der Waals surface area contributed by atoms with Gasteiger partial charge in [0.05, 0.1) is 6.61 Å². The van der Waals surface area contributed by atoms with Crippen molar-refractivity contribution in [3.63, 3.8) is 0 Å². The fourth-order valence-corrected chi connectivity index (χ4v) is 5.88. The molecule has 1 aromatic carbocycles. The number of benzene rings is 1. The Morgan fingerprint density at radius 3 is 2.08 bits per heavy atom. The van der Waals surface area contributed by atoms with Crippen LogP contribution in [0.2, 0.25) is 0 Å². The van der Waals surface area contributed by atoms with Gasteiger partial charge in [0.25, 0.3) is 0 Å². The maximum atomic E-state index is 13.0. The minimum atomic E-state index is -0.643. The number of nitrogens with one attached hydrogen (secondary N) is 1. The zero-order chi connectivity index (χ0) is 36.0. The van der Waals surface area contributed by atoms with E-state index in [-0.39, 0.29) is 36.3 Å². The number of carbonyl (C=O) groups excluding carboxylic acids is 3. The third-order valence-electron chi connectivity index (χ3n) is 7.25. The van der Waals surface area contributed by atoms with Crippen LogP contribution >= 0.6 is 11.8 Å². The summed E-state index contributed by atoms with van der Waals surface area (Å²) in [4.78, 5) is 58.4. The van der Waals surface area contributed by atoms with Crippen molar-refractivity contribution in [1.82, 2.24) is 19.4 Å². The number of carbonyl (C=O) groups is 3. The molecule has 0 radical (unpaired) electrons.